The number of nitrogens with zero attached hydrogens (tertiary/aromatic N) is 1. The highest BCUT2D eigenvalue weighted by molar-refractivity contribution is 6.18. The van der Waals surface area contributed by atoms with Gasteiger partial charge in [0.05, 0.1) is 5.56 Å². The SMILES string of the molecule is Cc1ccc2c(oc3c2ccc2ccc4c(c23)C(C)(C)CCC4(C)C)c1-c1ccc(C(C)(C)C)c[n+]1C. The van der Waals surface area contributed by atoms with Crippen LogP contribution in [0, 0.1) is 6.92 Å². The van der Waals surface area contributed by atoms with Gasteiger partial charge in [0.2, 0.25) is 5.69 Å². The van der Waals surface area contributed by atoms with Gasteiger partial charge in [0, 0.05) is 27.8 Å². The third kappa shape index (κ3) is 3.55. The molecule has 37 heavy (non-hydrogen) atoms. The molecule has 0 atom stereocenters. The van der Waals surface area contributed by atoms with Crippen molar-refractivity contribution in [2.45, 2.75) is 84.5 Å². The van der Waals surface area contributed by atoms with Crippen LogP contribution in [0.2, 0.25) is 0 Å². The number of hydrogen-bond acceptors (Lipinski definition) is 1. The third-order valence-corrected chi connectivity index (χ3v) is 9.04. The first kappa shape index (κ1) is 24.2. The molecule has 0 N–H and O–H groups in total. The molecule has 2 heterocycles. The standard InChI is InChI=1S/C35H40NO/c1-21-10-14-24-25-15-11-22-12-16-26-30(35(7,8)19-18-34(26,5)6)29(22)32(25)37-31(24)28(21)27-17-13-23(20-36(27)9)33(2,3)4/h10-17,20H,18-19H2,1-9H3/q+1. The predicted octanol–water partition coefficient (Wildman–Crippen LogP) is 9.19. The molecular formula is C35H40NO+. The topological polar surface area (TPSA) is 17.0 Å². The summed E-state index contributed by atoms with van der Waals surface area (Å²) >= 11 is 0. The number of rotatable bonds is 1. The molecule has 2 aromatic heterocycles. The maximum Gasteiger partial charge on any atom is 0.216 e. The molecule has 0 saturated heterocycles. The third-order valence-electron chi connectivity index (χ3n) is 9.04. The largest absolute Gasteiger partial charge is 0.454 e. The van der Waals surface area contributed by atoms with Crippen molar-refractivity contribution >= 4 is 32.7 Å². The van der Waals surface area contributed by atoms with Crippen LogP contribution in [0.3, 0.4) is 0 Å². The van der Waals surface area contributed by atoms with E-state index in [1.54, 1.807) is 0 Å². The average Bonchev–Trinajstić information content (AvgIpc) is 3.20. The van der Waals surface area contributed by atoms with E-state index < -0.39 is 0 Å². The highest BCUT2D eigenvalue weighted by Gasteiger charge is 2.39. The Hall–Kier alpha value is -3.13. The van der Waals surface area contributed by atoms with Crippen molar-refractivity contribution in [2.75, 3.05) is 0 Å². The molecule has 1 aliphatic carbocycles. The number of pyridine rings is 1. The second kappa shape index (κ2) is 7.69. The fourth-order valence-corrected chi connectivity index (χ4v) is 6.59. The van der Waals surface area contributed by atoms with Crippen LogP contribution >= 0.6 is 0 Å². The zero-order valence-corrected chi connectivity index (χ0v) is 24.0. The molecule has 0 fully saturated rings. The van der Waals surface area contributed by atoms with Crippen LogP contribution in [0.5, 0.6) is 0 Å². The number of aromatic nitrogens is 1. The van der Waals surface area contributed by atoms with Gasteiger partial charge in [0.15, 0.2) is 6.20 Å². The van der Waals surface area contributed by atoms with E-state index in [1.165, 1.54) is 67.9 Å². The minimum absolute atomic E-state index is 0.103. The predicted molar refractivity (Wildman–Crippen MR) is 157 cm³/mol. The summed E-state index contributed by atoms with van der Waals surface area (Å²) in [5, 5.41) is 4.99. The van der Waals surface area contributed by atoms with Gasteiger partial charge in [-0.1, -0.05) is 78.8 Å². The fraction of sp³-hybridized carbons (Fsp3) is 0.400. The molecule has 0 aliphatic heterocycles. The van der Waals surface area contributed by atoms with Crippen molar-refractivity contribution in [3.8, 4) is 11.3 Å². The quantitative estimate of drug-likeness (QED) is 0.214. The van der Waals surface area contributed by atoms with Crippen molar-refractivity contribution < 1.29 is 8.98 Å². The van der Waals surface area contributed by atoms with Gasteiger partial charge in [-0.25, -0.2) is 4.57 Å². The minimum atomic E-state index is 0.103. The van der Waals surface area contributed by atoms with Crippen molar-refractivity contribution in [3.63, 3.8) is 0 Å². The molecule has 0 bridgehead atoms. The molecule has 1 aliphatic rings. The molecular weight excluding hydrogens is 450 g/mol. The van der Waals surface area contributed by atoms with Crippen molar-refractivity contribution in [1.82, 2.24) is 0 Å². The lowest BCUT2D eigenvalue weighted by molar-refractivity contribution is -0.661. The Balaban J connectivity index is 1.72. The first-order valence-electron chi connectivity index (χ1n) is 13.7. The maximum atomic E-state index is 7.00. The lowest BCUT2D eigenvalue weighted by Gasteiger charge is -2.42. The summed E-state index contributed by atoms with van der Waals surface area (Å²) in [7, 11) is 2.15. The van der Waals surface area contributed by atoms with E-state index >= 15 is 0 Å². The molecule has 0 saturated carbocycles. The number of hydrogen-bond donors (Lipinski definition) is 0. The normalized spacial score (nSPS) is 17.0. The monoisotopic (exact) mass is 490 g/mol. The van der Waals surface area contributed by atoms with Crippen LogP contribution in [0.15, 0.2) is 59.1 Å². The molecule has 0 spiro atoms. The second-order valence-corrected chi connectivity index (χ2v) is 13.7. The molecule has 2 nitrogen and oxygen atoms in total. The van der Waals surface area contributed by atoms with Gasteiger partial charge in [-0.3, -0.25) is 0 Å². The van der Waals surface area contributed by atoms with Crippen molar-refractivity contribution in [1.29, 1.82) is 0 Å². The first-order valence-corrected chi connectivity index (χ1v) is 13.7. The van der Waals surface area contributed by atoms with E-state index in [1.807, 2.05) is 0 Å². The smallest absolute Gasteiger partial charge is 0.216 e. The number of aryl methyl sites for hydroxylation is 2. The summed E-state index contributed by atoms with van der Waals surface area (Å²) in [6.45, 7) is 18.6. The van der Waals surface area contributed by atoms with Gasteiger partial charge in [0.25, 0.3) is 0 Å². The maximum absolute atomic E-state index is 7.00. The van der Waals surface area contributed by atoms with Crippen LogP contribution in [0.4, 0.5) is 0 Å². The van der Waals surface area contributed by atoms with E-state index in [0.29, 0.717) is 0 Å². The Morgan fingerprint density at radius 3 is 2.14 bits per heavy atom. The summed E-state index contributed by atoms with van der Waals surface area (Å²) in [6.07, 6.45) is 4.66. The van der Waals surface area contributed by atoms with Gasteiger partial charge >= 0.3 is 0 Å². The van der Waals surface area contributed by atoms with Gasteiger partial charge < -0.3 is 4.42 Å². The van der Waals surface area contributed by atoms with E-state index in [9.17, 15) is 0 Å². The Morgan fingerprint density at radius 2 is 1.43 bits per heavy atom. The molecule has 6 rings (SSSR count). The van der Waals surface area contributed by atoms with Crippen molar-refractivity contribution in [2.24, 2.45) is 7.05 Å². The zero-order chi connectivity index (χ0) is 26.5. The zero-order valence-electron chi connectivity index (χ0n) is 24.0. The molecule has 0 radical (unpaired) electrons. The van der Waals surface area contributed by atoms with Gasteiger partial charge in [-0.15, -0.1) is 0 Å². The van der Waals surface area contributed by atoms with Crippen LogP contribution in [0.25, 0.3) is 44.0 Å². The summed E-state index contributed by atoms with van der Waals surface area (Å²) < 4.78 is 9.26. The molecule has 3 aromatic carbocycles. The fourth-order valence-electron chi connectivity index (χ4n) is 6.59. The number of furan rings is 1. The molecule has 190 valence electrons. The highest BCUT2D eigenvalue weighted by atomic mass is 16.3. The molecule has 5 aromatic rings. The molecule has 0 unspecified atom stereocenters. The first-order chi connectivity index (χ1) is 17.3. The Kier molecular flexibility index (Phi) is 5.04. The second-order valence-electron chi connectivity index (χ2n) is 13.7. The lowest BCUT2D eigenvalue weighted by Crippen LogP contribution is -2.34. The molecule has 0 amide bonds. The van der Waals surface area contributed by atoms with Gasteiger partial charge in [0.1, 0.15) is 18.2 Å². The van der Waals surface area contributed by atoms with E-state index in [2.05, 4.69) is 122 Å². The summed E-state index contributed by atoms with van der Waals surface area (Å²) in [5.41, 5.74) is 10.3. The summed E-state index contributed by atoms with van der Waals surface area (Å²) in [6, 6.07) is 18.3. The highest BCUT2D eigenvalue weighted by Crippen LogP contribution is 2.51. The minimum Gasteiger partial charge on any atom is -0.454 e. The number of fused-ring (bicyclic) bond motifs is 7. The van der Waals surface area contributed by atoms with Gasteiger partial charge in [-0.05, 0) is 70.2 Å². The number of benzene rings is 3. The van der Waals surface area contributed by atoms with Crippen molar-refractivity contribution in [3.05, 3.63) is 77.0 Å². The Morgan fingerprint density at radius 1 is 0.784 bits per heavy atom. The Bertz CT molecular complexity index is 1720. The lowest BCUT2D eigenvalue weighted by atomic mass is 9.62. The van der Waals surface area contributed by atoms with Crippen LogP contribution in [-0.2, 0) is 23.3 Å². The van der Waals surface area contributed by atoms with E-state index in [-0.39, 0.29) is 16.2 Å². The average molecular weight is 491 g/mol. The Labute approximate surface area is 221 Å². The molecule has 2 heteroatoms. The van der Waals surface area contributed by atoms with Crippen LogP contribution in [0.1, 0.15) is 83.6 Å². The van der Waals surface area contributed by atoms with E-state index in [0.717, 1.165) is 11.2 Å². The van der Waals surface area contributed by atoms with Crippen LogP contribution in [-0.4, -0.2) is 0 Å². The van der Waals surface area contributed by atoms with Gasteiger partial charge in [-0.2, -0.15) is 0 Å². The summed E-state index contributed by atoms with van der Waals surface area (Å²) in [5.74, 6) is 0. The van der Waals surface area contributed by atoms with Crippen LogP contribution < -0.4 is 4.57 Å². The van der Waals surface area contributed by atoms with E-state index in [4.69, 9.17) is 4.42 Å². The summed E-state index contributed by atoms with van der Waals surface area (Å²) in [4.78, 5) is 0.